The predicted octanol–water partition coefficient (Wildman–Crippen LogP) is 13.4. The zero-order valence-electron chi connectivity index (χ0n) is 27.2. The summed E-state index contributed by atoms with van der Waals surface area (Å²) in [5, 5.41) is 9.50. The van der Waals surface area contributed by atoms with E-state index in [1.54, 1.807) is 0 Å². The number of furan rings is 2. The van der Waals surface area contributed by atoms with Gasteiger partial charge in [0.15, 0.2) is 0 Å². The molecule has 1 aliphatic carbocycles. The first-order chi connectivity index (χ1) is 24.0. The largest absolute Gasteiger partial charge is 0.456 e. The highest BCUT2D eigenvalue weighted by Gasteiger charge is 2.39. The Hall–Kier alpha value is -6.12. The molecular weight excluding hydrogens is 597 g/mol. The second-order valence-electron chi connectivity index (χ2n) is 14.0. The van der Waals surface area contributed by atoms with Gasteiger partial charge in [0.25, 0.3) is 0 Å². The van der Waals surface area contributed by atoms with Gasteiger partial charge in [0, 0.05) is 32.3 Å². The molecule has 0 atom stereocenters. The molecule has 0 aliphatic heterocycles. The highest BCUT2D eigenvalue weighted by molar-refractivity contribution is 6.19. The summed E-state index contributed by atoms with van der Waals surface area (Å²) in [5.41, 5.74) is 13.6. The van der Waals surface area contributed by atoms with E-state index in [1.807, 2.05) is 6.07 Å². The van der Waals surface area contributed by atoms with Crippen molar-refractivity contribution in [2.24, 2.45) is 0 Å². The third kappa shape index (κ3) is 3.61. The summed E-state index contributed by atoms with van der Waals surface area (Å²) < 4.78 is 12.9. The standard InChI is InChI=1S/C47H30O2/c1-47(2)39-26-30(31-15-9-17-42-44(31)36-22-19-28-11-4-6-13-33(28)46(36)49-42)25-37(43(39)35-21-18-27-10-3-5-12-32(27)45(35)47)29-20-23-41-38(24-29)34-14-7-8-16-40(34)48-41/h3-26H,1-2H3. The molecule has 0 fully saturated rings. The molecule has 0 bridgehead atoms. The molecule has 0 saturated heterocycles. The number of hydrogen-bond donors (Lipinski definition) is 0. The average Bonchev–Trinajstić information content (AvgIpc) is 3.79. The SMILES string of the molecule is CC1(C)c2cc(-c3cccc4oc5c6ccccc6ccc5c34)cc(-c3ccc4oc5ccccc5c4c3)c2-c2ccc3ccccc3c21. The van der Waals surface area contributed by atoms with E-state index in [9.17, 15) is 0 Å². The lowest BCUT2D eigenvalue weighted by Crippen LogP contribution is -2.15. The molecule has 10 aromatic rings. The second kappa shape index (κ2) is 9.49. The number of rotatable bonds is 2. The van der Waals surface area contributed by atoms with Crippen molar-refractivity contribution in [3.05, 3.63) is 157 Å². The molecule has 2 nitrogen and oxygen atoms in total. The van der Waals surface area contributed by atoms with Crippen molar-refractivity contribution in [2.45, 2.75) is 19.3 Å². The molecule has 230 valence electrons. The Morgan fingerprint density at radius 1 is 0.429 bits per heavy atom. The highest BCUT2D eigenvalue weighted by Crippen LogP contribution is 2.56. The van der Waals surface area contributed by atoms with Crippen LogP contribution >= 0.6 is 0 Å². The van der Waals surface area contributed by atoms with Crippen molar-refractivity contribution in [1.82, 2.24) is 0 Å². The number of para-hydroxylation sites is 1. The highest BCUT2D eigenvalue weighted by atomic mass is 16.3. The van der Waals surface area contributed by atoms with Crippen molar-refractivity contribution in [3.8, 4) is 33.4 Å². The van der Waals surface area contributed by atoms with Crippen LogP contribution in [0.1, 0.15) is 25.0 Å². The van der Waals surface area contributed by atoms with Crippen LogP contribution in [0.25, 0.3) is 98.8 Å². The quantitative estimate of drug-likeness (QED) is 0.191. The molecule has 0 N–H and O–H groups in total. The van der Waals surface area contributed by atoms with E-state index in [0.29, 0.717) is 0 Å². The lowest BCUT2D eigenvalue weighted by atomic mass is 9.79. The molecule has 0 spiro atoms. The van der Waals surface area contributed by atoms with Gasteiger partial charge in [0.05, 0.1) is 0 Å². The molecule has 0 radical (unpaired) electrons. The van der Waals surface area contributed by atoms with Crippen LogP contribution in [0.3, 0.4) is 0 Å². The smallest absolute Gasteiger partial charge is 0.143 e. The topological polar surface area (TPSA) is 26.3 Å². The maximum absolute atomic E-state index is 6.64. The molecule has 2 heterocycles. The van der Waals surface area contributed by atoms with Gasteiger partial charge in [-0.3, -0.25) is 0 Å². The van der Waals surface area contributed by atoms with Crippen molar-refractivity contribution in [3.63, 3.8) is 0 Å². The van der Waals surface area contributed by atoms with Gasteiger partial charge >= 0.3 is 0 Å². The first kappa shape index (κ1) is 26.9. The summed E-state index contributed by atoms with van der Waals surface area (Å²) in [6, 6.07) is 52.8. The molecule has 2 heteroatoms. The molecule has 1 aliphatic rings. The molecular formula is C47H30O2. The summed E-state index contributed by atoms with van der Waals surface area (Å²) in [6.45, 7) is 4.79. The fraction of sp³-hybridized carbons (Fsp3) is 0.0638. The zero-order chi connectivity index (χ0) is 32.4. The lowest BCUT2D eigenvalue weighted by Gasteiger charge is -2.24. The Labute approximate surface area is 282 Å². The Kier molecular flexibility index (Phi) is 5.21. The first-order valence-electron chi connectivity index (χ1n) is 17.0. The summed E-state index contributed by atoms with van der Waals surface area (Å²) >= 11 is 0. The minimum atomic E-state index is -0.217. The first-order valence-corrected chi connectivity index (χ1v) is 17.0. The van der Waals surface area contributed by atoms with Crippen molar-refractivity contribution < 1.29 is 8.83 Å². The maximum Gasteiger partial charge on any atom is 0.143 e. The van der Waals surface area contributed by atoms with Crippen LogP contribution in [-0.4, -0.2) is 0 Å². The summed E-state index contributed by atoms with van der Waals surface area (Å²) in [5.74, 6) is 0. The van der Waals surface area contributed by atoms with Gasteiger partial charge < -0.3 is 8.83 Å². The van der Waals surface area contributed by atoms with Crippen LogP contribution in [0.15, 0.2) is 154 Å². The van der Waals surface area contributed by atoms with Gasteiger partial charge in [-0.15, -0.1) is 0 Å². The summed E-state index contributed by atoms with van der Waals surface area (Å²) in [4.78, 5) is 0. The van der Waals surface area contributed by atoms with Crippen LogP contribution in [0, 0.1) is 0 Å². The maximum atomic E-state index is 6.64. The van der Waals surface area contributed by atoms with Crippen molar-refractivity contribution >= 4 is 65.4 Å². The van der Waals surface area contributed by atoms with Crippen LogP contribution < -0.4 is 0 Å². The van der Waals surface area contributed by atoms with Crippen LogP contribution in [0.5, 0.6) is 0 Å². The normalized spacial score (nSPS) is 13.7. The minimum absolute atomic E-state index is 0.217. The van der Waals surface area contributed by atoms with Gasteiger partial charge in [-0.2, -0.15) is 0 Å². The Balaban J connectivity index is 1.25. The van der Waals surface area contributed by atoms with Gasteiger partial charge in [0.2, 0.25) is 0 Å². The van der Waals surface area contributed by atoms with E-state index in [4.69, 9.17) is 8.83 Å². The van der Waals surface area contributed by atoms with E-state index in [0.717, 1.165) is 49.3 Å². The van der Waals surface area contributed by atoms with E-state index in [-0.39, 0.29) is 5.41 Å². The van der Waals surface area contributed by atoms with Crippen LogP contribution in [0.4, 0.5) is 0 Å². The Morgan fingerprint density at radius 3 is 2.02 bits per heavy atom. The van der Waals surface area contributed by atoms with E-state index in [2.05, 4.69) is 153 Å². The number of fused-ring (bicyclic) bond motifs is 13. The third-order valence-electron chi connectivity index (χ3n) is 11.0. The molecule has 2 aromatic heterocycles. The monoisotopic (exact) mass is 626 g/mol. The van der Waals surface area contributed by atoms with Crippen LogP contribution in [0.2, 0.25) is 0 Å². The molecule has 0 saturated carbocycles. The van der Waals surface area contributed by atoms with E-state index >= 15 is 0 Å². The van der Waals surface area contributed by atoms with E-state index < -0.39 is 0 Å². The van der Waals surface area contributed by atoms with Crippen molar-refractivity contribution in [2.75, 3.05) is 0 Å². The van der Waals surface area contributed by atoms with E-state index in [1.165, 1.54) is 60.7 Å². The second-order valence-corrected chi connectivity index (χ2v) is 14.0. The molecule has 0 unspecified atom stereocenters. The molecule has 8 aromatic carbocycles. The summed E-state index contributed by atoms with van der Waals surface area (Å²) in [6.07, 6.45) is 0. The zero-order valence-corrected chi connectivity index (χ0v) is 27.2. The molecule has 49 heavy (non-hydrogen) atoms. The Morgan fingerprint density at radius 2 is 1.14 bits per heavy atom. The average molecular weight is 627 g/mol. The number of hydrogen-bond acceptors (Lipinski definition) is 2. The Bertz CT molecular complexity index is 3020. The summed E-state index contributed by atoms with van der Waals surface area (Å²) in [7, 11) is 0. The van der Waals surface area contributed by atoms with Gasteiger partial charge in [0.1, 0.15) is 22.3 Å². The van der Waals surface area contributed by atoms with Crippen LogP contribution in [-0.2, 0) is 5.41 Å². The fourth-order valence-corrected chi connectivity index (χ4v) is 8.78. The lowest BCUT2D eigenvalue weighted by molar-refractivity contribution is 0.666. The van der Waals surface area contributed by atoms with Gasteiger partial charge in [-0.25, -0.2) is 0 Å². The number of benzene rings is 8. The third-order valence-corrected chi connectivity index (χ3v) is 11.0. The predicted molar refractivity (Wildman–Crippen MR) is 204 cm³/mol. The van der Waals surface area contributed by atoms with Crippen molar-refractivity contribution in [1.29, 1.82) is 0 Å². The van der Waals surface area contributed by atoms with Gasteiger partial charge in [-0.05, 0) is 103 Å². The van der Waals surface area contributed by atoms with Gasteiger partial charge in [-0.1, -0.05) is 117 Å². The minimum Gasteiger partial charge on any atom is -0.456 e. The fourth-order valence-electron chi connectivity index (χ4n) is 8.78. The molecule has 0 amide bonds. The molecule has 11 rings (SSSR count).